The van der Waals surface area contributed by atoms with Gasteiger partial charge >= 0.3 is 0 Å². The van der Waals surface area contributed by atoms with Gasteiger partial charge in [0.25, 0.3) is 0 Å². The zero-order valence-corrected chi connectivity index (χ0v) is 12.3. The van der Waals surface area contributed by atoms with Gasteiger partial charge in [0.05, 0.1) is 0 Å². The topological polar surface area (TPSA) is 55.5 Å². The molecule has 0 saturated heterocycles. The molecule has 0 fully saturated rings. The van der Waals surface area contributed by atoms with E-state index in [9.17, 15) is 5.11 Å². The molecule has 2 aromatic carbocycles. The third-order valence-corrected chi connectivity index (χ3v) is 3.43. The van der Waals surface area contributed by atoms with Gasteiger partial charge in [0, 0.05) is 11.6 Å². The smallest absolute Gasteiger partial charge is 0.174 e. The van der Waals surface area contributed by atoms with E-state index in [4.69, 9.17) is 9.26 Å². The summed E-state index contributed by atoms with van der Waals surface area (Å²) >= 11 is 0. The monoisotopic (exact) mass is 295 g/mol. The molecule has 0 bridgehead atoms. The molecule has 0 aliphatic heterocycles. The number of phenols is 1. The Morgan fingerprint density at radius 2 is 1.77 bits per heavy atom. The van der Waals surface area contributed by atoms with Crippen LogP contribution in [0.2, 0.25) is 0 Å². The maximum Gasteiger partial charge on any atom is 0.174 e. The highest BCUT2D eigenvalue weighted by Crippen LogP contribution is 2.22. The van der Waals surface area contributed by atoms with Crippen LogP contribution in [0.15, 0.2) is 59.1 Å². The molecule has 0 aliphatic rings. The lowest BCUT2D eigenvalue weighted by molar-refractivity contribution is 0.249. The molecule has 1 N–H and O–H groups in total. The summed E-state index contributed by atoms with van der Waals surface area (Å²) in [5, 5.41) is 13.3. The average Bonchev–Trinajstić information content (AvgIpc) is 3.03. The van der Waals surface area contributed by atoms with E-state index in [0.717, 1.165) is 23.4 Å². The van der Waals surface area contributed by atoms with Gasteiger partial charge in [-0.15, -0.1) is 0 Å². The van der Waals surface area contributed by atoms with Gasteiger partial charge in [-0.2, -0.15) is 0 Å². The van der Waals surface area contributed by atoms with Crippen LogP contribution in [-0.2, 0) is 13.0 Å². The number of benzene rings is 2. The first-order valence-electron chi connectivity index (χ1n) is 7.21. The number of hydrogen-bond donors (Lipinski definition) is 1. The van der Waals surface area contributed by atoms with Crippen LogP contribution < -0.4 is 4.74 Å². The maximum atomic E-state index is 9.29. The minimum atomic E-state index is 0.228. The van der Waals surface area contributed by atoms with Crippen LogP contribution in [0.1, 0.15) is 18.2 Å². The zero-order valence-electron chi connectivity index (χ0n) is 12.3. The largest absolute Gasteiger partial charge is 0.508 e. The van der Waals surface area contributed by atoms with Gasteiger partial charge in [-0.3, -0.25) is 0 Å². The summed E-state index contributed by atoms with van der Waals surface area (Å²) < 4.78 is 11.0. The van der Waals surface area contributed by atoms with Crippen molar-refractivity contribution in [2.45, 2.75) is 20.0 Å². The predicted octanol–water partition coefficient (Wildman–Crippen LogP) is 4.19. The number of phenolic OH excluding ortho intramolecular Hbond substituents is 1. The molecule has 0 amide bonds. The van der Waals surface area contributed by atoms with Crippen LogP contribution in [-0.4, -0.2) is 10.3 Å². The molecule has 0 spiro atoms. The van der Waals surface area contributed by atoms with Crippen molar-refractivity contribution in [2.75, 3.05) is 0 Å². The Hall–Kier alpha value is -2.75. The first-order valence-corrected chi connectivity index (χ1v) is 7.21. The fourth-order valence-corrected chi connectivity index (χ4v) is 2.13. The molecule has 112 valence electrons. The number of aromatic hydroxyl groups is 1. The van der Waals surface area contributed by atoms with E-state index in [0.29, 0.717) is 12.4 Å². The van der Waals surface area contributed by atoms with Crippen molar-refractivity contribution in [3.63, 3.8) is 0 Å². The van der Waals surface area contributed by atoms with Gasteiger partial charge in [0.2, 0.25) is 0 Å². The zero-order chi connectivity index (χ0) is 15.4. The Morgan fingerprint density at radius 3 is 2.45 bits per heavy atom. The minimum absolute atomic E-state index is 0.228. The molecule has 0 unspecified atom stereocenters. The van der Waals surface area contributed by atoms with E-state index >= 15 is 0 Å². The molecular weight excluding hydrogens is 278 g/mol. The lowest BCUT2D eigenvalue weighted by atomic mass is 10.1. The summed E-state index contributed by atoms with van der Waals surface area (Å²) in [6, 6.07) is 16.7. The van der Waals surface area contributed by atoms with E-state index in [1.54, 1.807) is 24.3 Å². The van der Waals surface area contributed by atoms with Crippen molar-refractivity contribution < 1.29 is 14.4 Å². The van der Waals surface area contributed by atoms with Crippen molar-refractivity contribution >= 4 is 0 Å². The van der Waals surface area contributed by atoms with Crippen molar-refractivity contribution in [3.8, 4) is 22.8 Å². The van der Waals surface area contributed by atoms with E-state index in [1.807, 2.05) is 18.2 Å². The molecule has 4 heteroatoms. The van der Waals surface area contributed by atoms with E-state index < -0.39 is 0 Å². The van der Waals surface area contributed by atoms with Gasteiger partial charge in [-0.1, -0.05) is 24.2 Å². The van der Waals surface area contributed by atoms with E-state index in [2.05, 4.69) is 24.2 Å². The molecule has 22 heavy (non-hydrogen) atoms. The van der Waals surface area contributed by atoms with E-state index in [-0.39, 0.29) is 5.75 Å². The third-order valence-electron chi connectivity index (χ3n) is 3.43. The van der Waals surface area contributed by atoms with Gasteiger partial charge in [-0.25, -0.2) is 0 Å². The highest BCUT2D eigenvalue weighted by Gasteiger charge is 2.07. The first-order chi connectivity index (χ1) is 10.7. The van der Waals surface area contributed by atoms with Crippen LogP contribution in [0.3, 0.4) is 0 Å². The van der Waals surface area contributed by atoms with Crippen LogP contribution in [0.5, 0.6) is 11.5 Å². The van der Waals surface area contributed by atoms with Crippen molar-refractivity contribution in [3.05, 3.63) is 65.9 Å². The Bertz CT molecular complexity index is 730. The summed E-state index contributed by atoms with van der Waals surface area (Å²) in [6.07, 6.45) is 1.01. The van der Waals surface area contributed by atoms with E-state index in [1.165, 1.54) is 5.56 Å². The number of aromatic nitrogens is 1. The fourth-order valence-electron chi connectivity index (χ4n) is 2.13. The fraction of sp³-hybridized carbons (Fsp3) is 0.167. The summed E-state index contributed by atoms with van der Waals surface area (Å²) in [5.41, 5.74) is 2.89. The molecule has 0 aliphatic carbocycles. The summed E-state index contributed by atoms with van der Waals surface area (Å²) in [5.74, 6) is 1.69. The van der Waals surface area contributed by atoms with Crippen molar-refractivity contribution in [2.24, 2.45) is 0 Å². The normalized spacial score (nSPS) is 10.6. The molecule has 0 radical (unpaired) electrons. The molecule has 3 rings (SSSR count). The molecule has 3 aromatic rings. The van der Waals surface area contributed by atoms with Gasteiger partial charge in [0.15, 0.2) is 5.76 Å². The highest BCUT2D eigenvalue weighted by molar-refractivity contribution is 5.59. The van der Waals surface area contributed by atoms with Crippen molar-refractivity contribution in [1.29, 1.82) is 0 Å². The molecule has 1 heterocycles. The average molecular weight is 295 g/mol. The van der Waals surface area contributed by atoms with Gasteiger partial charge in [-0.05, 0) is 48.4 Å². The predicted molar refractivity (Wildman–Crippen MR) is 83.8 cm³/mol. The summed E-state index contributed by atoms with van der Waals surface area (Å²) in [4.78, 5) is 0. The standard InChI is InChI=1S/C18H17NO3/c1-2-13-3-9-16(10-4-13)21-12-17-11-18(19-22-17)14-5-7-15(20)8-6-14/h3-11,20H,2,12H2,1H3. The lowest BCUT2D eigenvalue weighted by Crippen LogP contribution is -1.93. The Labute approximate surface area is 129 Å². The number of rotatable bonds is 5. The van der Waals surface area contributed by atoms with Crippen LogP contribution in [0.4, 0.5) is 0 Å². The second-order valence-corrected chi connectivity index (χ2v) is 5.01. The maximum absolute atomic E-state index is 9.29. The second kappa shape index (κ2) is 6.35. The minimum Gasteiger partial charge on any atom is -0.508 e. The number of hydrogen-bond acceptors (Lipinski definition) is 4. The van der Waals surface area contributed by atoms with Crippen LogP contribution in [0, 0.1) is 0 Å². The third kappa shape index (κ3) is 3.28. The first kappa shape index (κ1) is 14.2. The Morgan fingerprint density at radius 1 is 1.05 bits per heavy atom. The lowest BCUT2D eigenvalue weighted by Gasteiger charge is -2.04. The quantitative estimate of drug-likeness (QED) is 0.767. The van der Waals surface area contributed by atoms with Crippen LogP contribution in [0.25, 0.3) is 11.3 Å². The molecule has 1 aromatic heterocycles. The number of nitrogens with zero attached hydrogens (tertiary/aromatic N) is 1. The molecule has 4 nitrogen and oxygen atoms in total. The highest BCUT2D eigenvalue weighted by atomic mass is 16.5. The Kier molecular flexibility index (Phi) is 4.10. The number of ether oxygens (including phenoxy) is 1. The summed E-state index contributed by atoms with van der Waals surface area (Å²) in [6.45, 7) is 2.45. The molecule has 0 saturated carbocycles. The summed E-state index contributed by atoms with van der Waals surface area (Å²) in [7, 11) is 0. The number of aryl methyl sites for hydroxylation is 1. The van der Waals surface area contributed by atoms with Gasteiger partial charge in [0.1, 0.15) is 23.8 Å². The van der Waals surface area contributed by atoms with Crippen molar-refractivity contribution in [1.82, 2.24) is 5.16 Å². The van der Waals surface area contributed by atoms with Crippen LogP contribution >= 0.6 is 0 Å². The molecule has 0 atom stereocenters. The Balaban J connectivity index is 1.65. The second-order valence-electron chi connectivity index (χ2n) is 5.01. The SMILES string of the molecule is CCc1ccc(OCc2cc(-c3ccc(O)cc3)no2)cc1. The molecular formula is C18H17NO3. The van der Waals surface area contributed by atoms with Gasteiger partial charge < -0.3 is 14.4 Å².